The van der Waals surface area contributed by atoms with Crippen molar-refractivity contribution in [3.8, 4) is 0 Å². The summed E-state index contributed by atoms with van der Waals surface area (Å²) < 4.78 is 0. The molecular weight excluding hydrogens is 276 g/mol. The first-order valence-electron chi connectivity index (χ1n) is 8.28. The Morgan fingerprint density at radius 3 is 2.59 bits per heavy atom. The first-order chi connectivity index (χ1) is 10.5. The van der Waals surface area contributed by atoms with Crippen LogP contribution in [0.4, 0.5) is 5.69 Å². The number of hydrogen-bond acceptors (Lipinski definition) is 3. The molecular formula is C18H28N2O2. The maximum atomic E-state index is 12.6. The summed E-state index contributed by atoms with van der Waals surface area (Å²) in [6, 6.07) is 8.13. The number of carbonyl (C=O) groups is 1. The van der Waals surface area contributed by atoms with Crippen LogP contribution in [0.2, 0.25) is 0 Å². The van der Waals surface area contributed by atoms with Crippen LogP contribution in [0.5, 0.6) is 0 Å². The van der Waals surface area contributed by atoms with Crippen molar-refractivity contribution in [2.75, 3.05) is 25.0 Å². The molecule has 122 valence electrons. The number of anilines is 1. The maximum Gasteiger partial charge on any atom is 0.253 e. The van der Waals surface area contributed by atoms with Gasteiger partial charge < -0.3 is 15.3 Å². The molecule has 1 fully saturated rings. The van der Waals surface area contributed by atoms with Gasteiger partial charge in [-0.3, -0.25) is 4.79 Å². The van der Waals surface area contributed by atoms with Crippen LogP contribution in [0, 0.1) is 11.8 Å². The molecule has 1 aliphatic heterocycles. The van der Waals surface area contributed by atoms with E-state index in [2.05, 4.69) is 26.1 Å². The molecule has 0 saturated carbocycles. The lowest BCUT2D eigenvalue weighted by Gasteiger charge is -2.31. The summed E-state index contributed by atoms with van der Waals surface area (Å²) in [5.74, 6) is 0.984. The van der Waals surface area contributed by atoms with Gasteiger partial charge in [0.1, 0.15) is 0 Å². The fraction of sp³-hybridized carbons (Fsp3) is 0.611. The van der Waals surface area contributed by atoms with Crippen LogP contribution in [0.15, 0.2) is 24.3 Å². The Kier molecular flexibility index (Phi) is 5.83. The van der Waals surface area contributed by atoms with E-state index >= 15 is 0 Å². The van der Waals surface area contributed by atoms with Gasteiger partial charge in [0, 0.05) is 37.0 Å². The van der Waals surface area contributed by atoms with Gasteiger partial charge in [0.2, 0.25) is 0 Å². The van der Waals surface area contributed by atoms with Crippen molar-refractivity contribution in [1.82, 2.24) is 4.90 Å². The van der Waals surface area contributed by atoms with Gasteiger partial charge in [-0.2, -0.15) is 0 Å². The van der Waals surface area contributed by atoms with Gasteiger partial charge in [-0.05, 0) is 49.8 Å². The van der Waals surface area contributed by atoms with E-state index in [0.717, 1.165) is 37.2 Å². The van der Waals surface area contributed by atoms with Gasteiger partial charge in [-0.15, -0.1) is 0 Å². The molecule has 0 radical (unpaired) electrons. The second-order valence-corrected chi connectivity index (χ2v) is 6.68. The van der Waals surface area contributed by atoms with Gasteiger partial charge in [0.05, 0.1) is 0 Å². The highest BCUT2D eigenvalue weighted by Crippen LogP contribution is 2.20. The fourth-order valence-electron chi connectivity index (χ4n) is 2.67. The van der Waals surface area contributed by atoms with E-state index in [1.807, 2.05) is 29.2 Å². The Labute approximate surface area is 133 Å². The molecule has 1 aliphatic rings. The van der Waals surface area contributed by atoms with E-state index in [1.54, 1.807) is 0 Å². The SMILES string of the molecule is CC(C)C(C)Nc1cccc(C(=O)N2CCC(CO)CC2)c1. The zero-order valence-corrected chi connectivity index (χ0v) is 13.9. The smallest absolute Gasteiger partial charge is 0.253 e. The summed E-state index contributed by atoms with van der Waals surface area (Å²) in [5, 5.41) is 12.6. The molecule has 1 aromatic rings. The first-order valence-corrected chi connectivity index (χ1v) is 8.28. The third-order valence-electron chi connectivity index (χ3n) is 4.66. The van der Waals surface area contributed by atoms with Gasteiger partial charge in [-0.1, -0.05) is 19.9 Å². The average Bonchev–Trinajstić information content (AvgIpc) is 2.54. The van der Waals surface area contributed by atoms with Crippen LogP contribution in [-0.4, -0.2) is 41.7 Å². The molecule has 1 atom stereocenters. The standard InChI is InChI=1S/C18H28N2O2/c1-13(2)14(3)19-17-6-4-5-16(11-17)18(22)20-9-7-15(12-21)8-10-20/h4-6,11,13-15,19,21H,7-10,12H2,1-3H3. The number of rotatable bonds is 5. The van der Waals surface area contributed by atoms with Crippen LogP contribution in [0.25, 0.3) is 0 Å². The van der Waals surface area contributed by atoms with Crippen molar-refractivity contribution < 1.29 is 9.90 Å². The van der Waals surface area contributed by atoms with E-state index in [4.69, 9.17) is 0 Å². The largest absolute Gasteiger partial charge is 0.396 e. The Hall–Kier alpha value is -1.55. The number of amides is 1. The van der Waals surface area contributed by atoms with Gasteiger partial charge >= 0.3 is 0 Å². The number of nitrogens with one attached hydrogen (secondary N) is 1. The minimum absolute atomic E-state index is 0.0947. The molecule has 4 heteroatoms. The van der Waals surface area contributed by atoms with Crippen LogP contribution in [-0.2, 0) is 0 Å². The van der Waals surface area contributed by atoms with Crippen LogP contribution >= 0.6 is 0 Å². The highest BCUT2D eigenvalue weighted by atomic mass is 16.3. The third-order valence-corrected chi connectivity index (χ3v) is 4.66. The first kappa shape index (κ1) is 16.8. The number of piperidine rings is 1. The molecule has 1 unspecified atom stereocenters. The molecule has 1 aromatic carbocycles. The van der Waals surface area contributed by atoms with E-state index < -0.39 is 0 Å². The van der Waals surface area contributed by atoms with Gasteiger partial charge in [0.15, 0.2) is 0 Å². The van der Waals surface area contributed by atoms with Crippen LogP contribution in [0.1, 0.15) is 44.0 Å². The third kappa shape index (κ3) is 4.23. The van der Waals surface area contributed by atoms with Crippen molar-refractivity contribution in [2.24, 2.45) is 11.8 Å². The van der Waals surface area contributed by atoms with E-state index in [0.29, 0.717) is 17.9 Å². The summed E-state index contributed by atoms with van der Waals surface area (Å²) in [4.78, 5) is 14.5. The zero-order valence-electron chi connectivity index (χ0n) is 13.9. The topological polar surface area (TPSA) is 52.6 Å². The lowest BCUT2D eigenvalue weighted by atomic mass is 9.97. The molecule has 4 nitrogen and oxygen atoms in total. The molecule has 22 heavy (non-hydrogen) atoms. The second-order valence-electron chi connectivity index (χ2n) is 6.68. The maximum absolute atomic E-state index is 12.6. The lowest BCUT2D eigenvalue weighted by molar-refractivity contribution is 0.0651. The number of carbonyl (C=O) groups excluding carboxylic acids is 1. The number of benzene rings is 1. The number of hydrogen-bond donors (Lipinski definition) is 2. The van der Waals surface area contributed by atoms with E-state index in [1.165, 1.54) is 0 Å². The molecule has 0 spiro atoms. The number of aliphatic hydroxyl groups excluding tert-OH is 1. The molecule has 0 aromatic heterocycles. The van der Waals surface area contributed by atoms with Gasteiger partial charge in [0.25, 0.3) is 5.91 Å². The fourth-order valence-corrected chi connectivity index (χ4v) is 2.67. The van der Waals surface area contributed by atoms with Gasteiger partial charge in [-0.25, -0.2) is 0 Å². The van der Waals surface area contributed by atoms with Crippen molar-refractivity contribution in [2.45, 2.75) is 39.7 Å². The van der Waals surface area contributed by atoms with Crippen molar-refractivity contribution in [1.29, 1.82) is 0 Å². The summed E-state index contributed by atoms with van der Waals surface area (Å²) in [6.45, 7) is 8.22. The molecule has 1 amide bonds. The highest BCUT2D eigenvalue weighted by molar-refractivity contribution is 5.95. The monoisotopic (exact) mass is 304 g/mol. The van der Waals surface area contributed by atoms with Crippen molar-refractivity contribution >= 4 is 11.6 Å². The summed E-state index contributed by atoms with van der Waals surface area (Å²) >= 11 is 0. The summed E-state index contributed by atoms with van der Waals surface area (Å²) in [5.41, 5.74) is 1.74. The lowest BCUT2D eigenvalue weighted by Crippen LogP contribution is -2.39. The minimum Gasteiger partial charge on any atom is -0.396 e. The molecule has 2 N–H and O–H groups in total. The highest BCUT2D eigenvalue weighted by Gasteiger charge is 2.23. The van der Waals surface area contributed by atoms with Crippen LogP contribution in [0.3, 0.4) is 0 Å². The molecule has 1 heterocycles. The average molecular weight is 304 g/mol. The quantitative estimate of drug-likeness (QED) is 0.879. The van der Waals surface area contributed by atoms with Crippen molar-refractivity contribution in [3.05, 3.63) is 29.8 Å². The number of aliphatic hydroxyl groups is 1. The number of likely N-dealkylation sites (tertiary alicyclic amines) is 1. The van der Waals surface area contributed by atoms with E-state index in [-0.39, 0.29) is 12.5 Å². The normalized spacial score (nSPS) is 17.6. The Balaban J connectivity index is 2.01. The Morgan fingerprint density at radius 1 is 1.32 bits per heavy atom. The molecule has 0 aliphatic carbocycles. The van der Waals surface area contributed by atoms with Crippen molar-refractivity contribution in [3.63, 3.8) is 0 Å². The predicted molar refractivity (Wildman–Crippen MR) is 90.1 cm³/mol. The Bertz CT molecular complexity index is 494. The van der Waals surface area contributed by atoms with Crippen LogP contribution < -0.4 is 5.32 Å². The predicted octanol–water partition coefficient (Wildman–Crippen LogP) is 2.99. The summed E-state index contributed by atoms with van der Waals surface area (Å²) in [7, 11) is 0. The summed E-state index contributed by atoms with van der Waals surface area (Å²) in [6.07, 6.45) is 1.79. The zero-order chi connectivity index (χ0) is 16.1. The number of nitrogens with zero attached hydrogens (tertiary/aromatic N) is 1. The minimum atomic E-state index is 0.0947. The second kappa shape index (κ2) is 7.63. The molecule has 1 saturated heterocycles. The van der Waals surface area contributed by atoms with E-state index in [9.17, 15) is 9.90 Å². The Morgan fingerprint density at radius 2 is 2.00 bits per heavy atom. The molecule has 2 rings (SSSR count). The molecule has 0 bridgehead atoms.